The molecule has 0 amide bonds. The fraction of sp³-hybridized carbons (Fsp3) is 1.00. The van der Waals surface area contributed by atoms with Crippen LogP contribution in [0, 0.1) is 0 Å². The highest BCUT2D eigenvalue weighted by atomic mass is 31.2. The molecule has 0 bridgehead atoms. The van der Waals surface area contributed by atoms with E-state index in [9.17, 15) is 0 Å². The maximum atomic E-state index is 6.49. The van der Waals surface area contributed by atoms with Gasteiger partial charge in [0.05, 0.1) is 5.78 Å². The average Bonchev–Trinajstić information content (AvgIpc) is 2.26. The summed E-state index contributed by atoms with van der Waals surface area (Å²) >= 11 is 0. The molecule has 1 atom stereocenters. The third-order valence-corrected chi connectivity index (χ3v) is 10.1. The van der Waals surface area contributed by atoms with Gasteiger partial charge in [-0.2, -0.15) is 0 Å². The second-order valence-electron chi connectivity index (χ2n) is 7.68. The predicted octanol–water partition coefficient (Wildman–Crippen LogP) is 5.22. The van der Waals surface area contributed by atoms with Crippen molar-refractivity contribution < 1.29 is 8.43 Å². The molecule has 20 heavy (non-hydrogen) atoms. The third kappa shape index (κ3) is 7.14. The number of hydrogen-bond donors (Lipinski definition) is 0. The molecule has 1 unspecified atom stereocenters. The van der Waals surface area contributed by atoms with Crippen LogP contribution in [0.1, 0.15) is 32.6 Å². The van der Waals surface area contributed by atoms with E-state index in [0.717, 1.165) is 6.42 Å². The summed E-state index contributed by atoms with van der Waals surface area (Å²) in [5, 5.41) is 0. The average molecular weight is 336 g/mol. The molecular formula is C14H34NO2PSi2. The molecule has 1 aliphatic rings. The van der Waals surface area contributed by atoms with Gasteiger partial charge in [-0.3, -0.25) is 4.90 Å². The first-order valence-corrected chi connectivity index (χ1v) is 16.1. The molecule has 0 aromatic rings. The molecule has 120 valence electrons. The van der Waals surface area contributed by atoms with Gasteiger partial charge in [0.2, 0.25) is 0 Å². The summed E-state index contributed by atoms with van der Waals surface area (Å²) < 4.78 is 13.0. The fourth-order valence-electron chi connectivity index (χ4n) is 2.44. The number of piperidine rings is 1. The SMILES string of the molecule is CCC(N1CCCCC1)P(O[Si](C)(C)C)O[Si](C)(C)C. The molecule has 0 saturated carbocycles. The quantitative estimate of drug-likeness (QED) is 0.470. The van der Waals surface area contributed by atoms with Crippen LogP contribution in [0.3, 0.4) is 0 Å². The van der Waals surface area contributed by atoms with Crippen molar-refractivity contribution in [3.05, 3.63) is 0 Å². The largest absolute Gasteiger partial charge is 0.375 e. The maximum absolute atomic E-state index is 6.49. The molecule has 0 aromatic carbocycles. The van der Waals surface area contributed by atoms with E-state index in [4.69, 9.17) is 8.43 Å². The van der Waals surface area contributed by atoms with Crippen molar-refractivity contribution in [3.8, 4) is 0 Å². The maximum Gasteiger partial charge on any atom is 0.191 e. The van der Waals surface area contributed by atoms with Crippen LogP contribution in [0.5, 0.6) is 0 Å². The minimum atomic E-state index is -1.56. The second-order valence-corrected chi connectivity index (χ2v) is 18.8. The zero-order valence-corrected chi connectivity index (χ0v) is 17.4. The standard InChI is InChI=1S/C14H34NO2PSi2/c1-8-14(15-12-10-9-11-13-15)18(16-19(2,3)4)17-20(5,6)7/h14H,8-13H2,1-7H3. The second kappa shape index (κ2) is 7.84. The summed E-state index contributed by atoms with van der Waals surface area (Å²) in [5.74, 6) is 0.490. The molecular weight excluding hydrogens is 301 g/mol. The van der Waals surface area contributed by atoms with Crippen LogP contribution in [-0.2, 0) is 8.43 Å². The highest BCUT2D eigenvalue weighted by Crippen LogP contribution is 2.51. The highest BCUT2D eigenvalue weighted by molar-refractivity contribution is 7.51. The first-order valence-electron chi connectivity index (χ1n) is 8.04. The van der Waals surface area contributed by atoms with Crippen LogP contribution in [0.2, 0.25) is 39.3 Å². The van der Waals surface area contributed by atoms with Gasteiger partial charge in [-0.15, -0.1) is 0 Å². The van der Waals surface area contributed by atoms with Crippen molar-refractivity contribution in [2.45, 2.75) is 77.7 Å². The molecule has 6 heteroatoms. The molecule has 1 rings (SSSR count). The van der Waals surface area contributed by atoms with E-state index in [2.05, 4.69) is 51.1 Å². The normalized spacial score (nSPS) is 20.4. The summed E-state index contributed by atoms with van der Waals surface area (Å²) in [6, 6.07) is 0. The number of nitrogens with zero attached hydrogens (tertiary/aromatic N) is 1. The van der Waals surface area contributed by atoms with Crippen molar-refractivity contribution in [2.24, 2.45) is 0 Å². The van der Waals surface area contributed by atoms with Crippen LogP contribution in [0.15, 0.2) is 0 Å². The Morgan fingerprint density at radius 3 is 1.70 bits per heavy atom. The molecule has 1 heterocycles. The lowest BCUT2D eigenvalue weighted by Crippen LogP contribution is -2.41. The molecule has 1 aliphatic heterocycles. The lowest BCUT2D eigenvalue weighted by atomic mass is 10.1. The highest BCUT2D eigenvalue weighted by Gasteiger charge is 2.36. The molecule has 3 nitrogen and oxygen atoms in total. The number of likely N-dealkylation sites (tertiary alicyclic amines) is 1. The Hall–Kier alpha value is 0.744. The van der Waals surface area contributed by atoms with Gasteiger partial charge in [-0.05, 0) is 71.6 Å². The Morgan fingerprint density at radius 1 is 0.900 bits per heavy atom. The van der Waals surface area contributed by atoms with Gasteiger partial charge in [-0.25, -0.2) is 0 Å². The first-order chi connectivity index (χ1) is 9.12. The molecule has 1 fully saturated rings. The Labute approximate surface area is 129 Å². The molecule has 0 aromatic heterocycles. The van der Waals surface area contributed by atoms with Gasteiger partial charge in [-0.1, -0.05) is 13.3 Å². The van der Waals surface area contributed by atoms with Crippen LogP contribution < -0.4 is 0 Å². The fourth-order valence-corrected chi connectivity index (χ4v) is 9.01. The first kappa shape index (κ1) is 18.8. The number of rotatable bonds is 7. The lowest BCUT2D eigenvalue weighted by molar-refractivity contribution is 0.194. The predicted molar refractivity (Wildman–Crippen MR) is 95.3 cm³/mol. The van der Waals surface area contributed by atoms with E-state index in [-0.39, 0.29) is 0 Å². The van der Waals surface area contributed by atoms with Crippen LogP contribution in [0.25, 0.3) is 0 Å². The third-order valence-electron chi connectivity index (χ3n) is 3.15. The van der Waals surface area contributed by atoms with E-state index >= 15 is 0 Å². The van der Waals surface area contributed by atoms with Gasteiger partial charge in [0, 0.05) is 0 Å². The van der Waals surface area contributed by atoms with Gasteiger partial charge in [0.25, 0.3) is 0 Å². The summed E-state index contributed by atoms with van der Waals surface area (Å²) in [7, 11) is -3.90. The van der Waals surface area contributed by atoms with E-state index in [0.29, 0.717) is 5.78 Å². The molecule has 0 spiro atoms. The van der Waals surface area contributed by atoms with Crippen molar-refractivity contribution in [1.82, 2.24) is 4.90 Å². The van der Waals surface area contributed by atoms with Gasteiger partial charge in [0.15, 0.2) is 25.0 Å². The van der Waals surface area contributed by atoms with Crippen LogP contribution in [0.4, 0.5) is 0 Å². The van der Waals surface area contributed by atoms with Crippen molar-refractivity contribution in [2.75, 3.05) is 13.1 Å². The lowest BCUT2D eigenvalue weighted by Gasteiger charge is -2.41. The summed E-state index contributed by atoms with van der Waals surface area (Å²) in [6.45, 7) is 18.4. The van der Waals surface area contributed by atoms with Crippen molar-refractivity contribution >= 4 is 25.0 Å². The minimum absolute atomic E-state index is 0.490. The van der Waals surface area contributed by atoms with E-state index in [1.165, 1.54) is 32.4 Å². The molecule has 0 radical (unpaired) electrons. The Kier molecular flexibility index (Phi) is 7.37. The smallest absolute Gasteiger partial charge is 0.191 e. The minimum Gasteiger partial charge on any atom is -0.375 e. The van der Waals surface area contributed by atoms with E-state index < -0.39 is 25.0 Å². The van der Waals surface area contributed by atoms with Gasteiger partial charge >= 0.3 is 0 Å². The zero-order valence-electron chi connectivity index (χ0n) is 14.5. The zero-order chi connectivity index (χ0) is 15.4. The van der Waals surface area contributed by atoms with Gasteiger partial charge < -0.3 is 8.43 Å². The Morgan fingerprint density at radius 2 is 1.35 bits per heavy atom. The Balaban J connectivity index is 2.81. The molecule has 0 N–H and O–H groups in total. The van der Waals surface area contributed by atoms with Crippen molar-refractivity contribution in [1.29, 1.82) is 0 Å². The molecule has 1 saturated heterocycles. The number of hydrogen-bond acceptors (Lipinski definition) is 3. The van der Waals surface area contributed by atoms with E-state index in [1.807, 2.05) is 0 Å². The monoisotopic (exact) mass is 335 g/mol. The summed E-state index contributed by atoms with van der Waals surface area (Å²) in [5.41, 5.74) is 0. The molecule has 0 aliphatic carbocycles. The summed E-state index contributed by atoms with van der Waals surface area (Å²) in [6.07, 6.45) is 5.19. The van der Waals surface area contributed by atoms with Crippen LogP contribution >= 0.6 is 8.38 Å². The summed E-state index contributed by atoms with van der Waals surface area (Å²) in [4.78, 5) is 2.63. The Bertz CT molecular complexity index is 270. The van der Waals surface area contributed by atoms with Gasteiger partial charge in [0.1, 0.15) is 0 Å². The van der Waals surface area contributed by atoms with Crippen molar-refractivity contribution in [3.63, 3.8) is 0 Å². The van der Waals surface area contributed by atoms with Crippen LogP contribution in [-0.4, -0.2) is 40.4 Å². The topological polar surface area (TPSA) is 21.7 Å². The van der Waals surface area contributed by atoms with E-state index in [1.54, 1.807) is 0 Å².